The van der Waals surface area contributed by atoms with E-state index in [-0.39, 0.29) is 11.2 Å². The number of nitrogens with zero attached hydrogens (tertiary/aromatic N) is 1. The van der Waals surface area contributed by atoms with E-state index in [0.717, 1.165) is 25.0 Å². The molecule has 1 spiro atoms. The summed E-state index contributed by atoms with van der Waals surface area (Å²) in [4.78, 5) is 0. The van der Waals surface area contributed by atoms with Crippen LogP contribution < -0.4 is 0 Å². The molecule has 1 aliphatic heterocycles. The zero-order valence-electron chi connectivity index (χ0n) is 9.05. The van der Waals surface area contributed by atoms with Crippen molar-refractivity contribution in [3.05, 3.63) is 0 Å². The van der Waals surface area contributed by atoms with Crippen molar-refractivity contribution in [1.82, 2.24) is 0 Å². The lowest BCUT2D eigenvalue weighted by Crippen LogP contribution is -2.39. The topological polar surface area (TPSA) is 41.8 Å². The minimum absolute atomic E-state index is 0.154. The molecule has 0 aromatic rings. The third-order valence-corrected chi connectivity index (χ3v) is 3.37. The second-order valence-corrected chi connectivity index (χ2v) is 5.14. The van der Waals surface area contributed by atoms with Gasteiger partial charge in [0, 0.05) is 6.42 Å². The van der Waals surface area contributed by atoms with Crippen LogP contribution in [-0.4, -0.2) is 22.1 Å². The van der Waals surface area contributed by atoms with Gasteiger partial charge in [0.05, 0.1) is 11.3 Å². The van der Waals surface area contributed by atoms with Gasteiger partial charge < -0.3 is 9.94 Å². The molecule has 0 atom stereocenters. The van der Waals surface area contributed by atoms with Gasteiger partial charge in [-0.1, -0.05) is 24.4 Å². The third-order valence-electron chi connectivity index (χ3n) is 3.37. The van der Waals surface area contributed by atoms with Gasteiger partial charge >= 0.3 is 0 Å². The summed E-state index contributed by atoms with van der Waals surface area (Å²) in [5.74, 6) is 0. The first-order chi connectivity index (χ1) is 6.58. The number of ether oxygens (including phenoxy) is 1. The monoisotopic (exact) mass is 197 g/mol. The van der Waals surface area contributed by atoms with Crippen LogP contribution >= 0.6 is 0 Å². The highest BCUT2D eigenvalue weighted by Crippen LogP contribution is 2.44. The van der Waals surface area contributed by atoms with Crippen molar-refractivity contribution < 1.29 is 9.94 Å². The fourth-order valence-corrected chi connectivity index (χ4v) is 2.83. The summed E-state index contributed by atoms with van der Waals surface area (Å²) < 4.78 is 6.09. The zero-order valence-corrected chi connectivity index (χ0v) is 9.05. The molecular formula is C11H19NO2. The van der Waals surface area contributed by atoms with Gasteiger partial charge in [0.2, 0.25) is 0 Å². The Hall–Kier alpha value is -0.570. The van der Waals surface area contributed by atoms with Gasteiger partial charge in [-0.3, -0.25) is 0 Å². The maximum absolute atomic E-state index is 9.02. The summed E-state index contributed by atoms with van der Waals surface area (Å²) in [6, 6.07) is 0. The summed E-state index contributed by atoms with van der Waals surface area (Å²) in [6.07, 6.45) is 6.48. The molecule has 1 N–H and O–H groups in total. The molecule has 0 aromatic heterocycles. The van der Waals surface area contributed by atoms with Crippen molar-refractivity contribution in [2.75, 3.05) is 0 Å². The quantitative estimate of drug-likeness (QED) is 0.479. The highest BCUT2D eigenvalue weighted by Gasteiger charge is 2.50. The molecule has 3 heteroatoms. The minimum atomic E-state index is -0.226. The Kier molecular flexibility index (Phi) is 2.30. The third kappa shape index (κ3) is 1.54. The molecule has 1 saturated carbocycles. The van der Waals surface area contributed by atoms with E-state index in [1.807, 2.05) is 0 Å². The van der Waals surface area contributed by atoms with Crippen molar-refractivity contribution in [2.45, 2.75) is 63.6 Å². The number of hydrogen-bond acceptors (Lipinski definition) is 3. The van der Waals surface area contributed by atoms with Crippen LogP contribution in [0.15, 0.2) is 5.16 Å². The van der Waals surface area contributed by atoms with E-state index in [2.05, 4.69) is 19.0 Å². The van der Waals surface area contributed by atoms with E-state index in [1.54, 1.807) is 0 Å². The van der Waals surface area contributed by atoms with Crippen LogP contribution in [0, 0.1) is 0 Å². The average Bonchev–Trinajstić information content (AvgIpc) is 2.38. The van der Waals surface area contributed by atoms with Gasteiger partial charge in [-0.05, 0) is 26.7 Å². The Labute approximate surface area is 85.1 Å². The Bertz CT molecular complexity index is 252. The van der Waals surface area contributed by atoms with E-state index in [0.29, 0.717) is 0 Å². The van der Waals surface area contributed by atoms with E-state index in [9.17, 15) is 0 Å². The van der Waals surface area contributed by atoms with E-state index in [4.69, 9.17) is 9.94 Å². The van der Waals surface area contributed by atoms with Crippen molar-refractivity contribution >= 4 is 5.71 Å². The van der Waals surface area contributed by atoms with Gasteiger partial charge in [-0.25, -0.2) is 0 Å². The number of oxime groups is 1. The zero-order chi connectivity index (χ0) is 10.2. The lowest BCUT2D eigenvalue weighted by Gasteiger charge is -2.34. The van der Waals surface area contributed by atoms with E-state index < -0.39 is 0 Å². The standard InChI is InChI=1S/C11H19NO2/c1-10(2)8-9(12-13)11(14-10)6-4-3-5-7-11/h13H,3-8H2,1-2H3. The van der Waals surface area contributed by atoms with Crippen LogP contribution in [0.25, 0.3) is 0 Å². The molecule has 0 amide bonds. The van der Waals surface area contributed by atoms with Gasteiger partial charge in [-0.2, -0.15) is 0 Å². The lowest BCUT2D eigenvalue weighted by molar-refractivity contribution is -0.0860. The van der Waals surface area contributed by atoms with Crippen LogP contribution in [0.4, 0.5) is 0 Å². The molecule has 0 unspecified atom stereocenters. The second kappa shape index (κ2) is 3.23. The Morgan fingerprint density at radius 2 is 1.86 bits per heavy atom. The predicted molar refractivity (Wildman–Crippen MR) is 54.8 cm³/mol. The molecule has 0 radical (unpaired) electrons. The molecule has 14 heavy (non-hydrogen) atoms. The molecule has 2 aliphatic rings. The lowest BCUT2D eigenvalue weighted by atomic mass is 9.81. The summed E-state index contributed by atoms with van der Waals surface area (Å²) in [6.45, 7) is 4.14. The van der Waals surface area contributed by atoms with E-state index in [1.165, 1.54) is 19.3 Å². The van der Waals surface area contributed by atoms with Gasteiger partial charge in [0.25, 0.3) is 0 Å². The van der Waals surface area contributed by atoms with Crippen LogP contribution in [0.2, 0.25) is 0 Å². The summed E-state index contributed by atoms with van der Waals surface area (Å²) in [5, 5.41) is 12.5. The molecule has 0 bridgehead atoms. The minimum Gasteiger partial charge on any atom is -0.411 e. The molecule has 0 aromatic carbocycles. The van der Waals surface area contributed by atoms with Crippen molar-refractivity contribution in [1.29, 1.82) is 0 Å². The maximum atomic E-state index is 9.02. The molecular weight excluding hydrogens is 178 g/mol. The van der Waals surface area contributed by atoms with Gasteiger partial charge in [0.15, 0.2) is 0 Å². The first kappa shape index (κ1) is 9.97. The highest BCUT2D eigenvalue weighted by atomic mass is 16.5. The maximum Gasteiger partial charge on any atom is 0.110 e. The summed E-state index contributed by atoms with van der Waals surface area (Å²) in [7, 11) is 0. The fraction of sp³-hybridized carbons (Fsp3) is 0.909. The molecule has 2 rings (SSSR count). The van der Waals surface area contributed by atoms with Crippen LogP contribution in [0.3, 0.4) is 0 Å². The number of rotatable bonds is 0. The Morgan fingerprint density at radius 1 is 1.21 bits per heavy atom. The molecule has 2 fully saturated rings. The first-order valence-electron chi connectivity index (χ1n) is 5.50. The summed E-state index contributed by atoms with van der Waals surface area (Å²) >= 11 is 0. The number of hydrogen-bond donors (Lipinski definition) is 1. The molecule has 1 aliphatic carbocycles. The van der Waals surface area contributed by atoms with E-state index >= 15 is 0 Å². The van der Waals surface area contributed by atoms with Crippen molar-refractivity contribution in [3.63, 3.8) is 0 Å². The highest BCUT2D eigenvalue weighted by molar-refractivity contribution is 5.94. The average molecular weight is 197 g/mol. The SMILES string of the molecule is CC1(C)CC(=NO)C2(CCCCC2)O1. The van der Waals surface area contributed by atoms with Crippen LogP contribution in [0.1, 0.15) is 52.4 Å². The van der Waals surface area contributed by atoms with Crippen LogP contribution in [0.5, 0.6) is 0 Å². The Balaban J connectivity index is 2.24. The largest absolute Gasteiger partial charge is 0.411 e. The molecule has 3 nitrogen and oxygen atoms in total. The Morgan fingerprint density at radius 3 is 2.43 bits per heavy atom. The van der Waals surface area contributed by atoms with Crippen LogP contribution in [-0.2, 0) is 4.74 Å². The first-order valence-corrected chi connectivity index (χ1v) is 5.50. The van der Waals surface area contributed by atoms with Crippen molar-refractivity contribution in [3.8, 4) is 0 Å². The predicted octanol–water partition coefficient (Wildman–Crippen LogP) is 2.72. The molecule has 1 heterocycles. The normalized spacial score (nSPS) is 32.6. The molecule has 80 valence electrons. The van der Waals surface area contributed by atoms with Gasteiger partial charge in [0.1, 0.15) is 5.60 Å². The van der Waals surface area contributed by atoms with Crippen molar-refractivity contribution in [2.24, 2.45) is 5.16 Å². The van der Waals surface area contributed by atoms with Gasteiger partial charge in [-0.15, -0.1) is 0 Å². The molecule has 1 saturated heterocycles. The fourth-order valence-electron chi connectivity index (χ4n) is 2.83. The smallest absolute Gasteiger partial charge is 0.110 e. The second-order valence-electron chi connectivity index (χ2n) is 5.14. The summed E-state index contributed by atoms with van der Waals surface area (Å²) in [5.41, 5.74) is 0.484.